The van der Waals surface area contributed by atoms with Gasteiger partial charge in [-0.05, 0) is 62.6 Å². The Morgan fingerprint density at radius 1 is 0.913 bits per heavy atom. The molecule has 0 aliphatic rings. The summed E-state index contributed by atoms with van der Waals surface area (Å²) in [4.78, 5) is 0.269. The first-order valence-corrected chi connectivity index (χ1v) is 9.05. The molecule has 0 spiro atoms. The second-order valence-corrected chi connectivity index (χ2v) is 7.53. The maximum Gasteiger partial charge on any atom is 0.240 e. The van der Waals surface area contributed by atoms with Crippen molar-refractivity contribution in [2.45, 2.75) is 32.6 Å². The Morgan fingerprint density at radius 2 is 1.52 bits per heavy atom. The van der Waals surface area contributed by atoms with Gasteiger partial charge in [-0.25, -0.2) is 13.1 Å². The van der Waals surface area contributed by atoms with Crippen LogP contribution in [0.5, 0.6) is 5.75 Å². The largest absolute Gasteiger partial charge is 0.492 e. The Bertz CT molecular complexity index is 781. The Morgan fingerprint density at radius 3 is 2.17 bits per heavy atom. The first-order chi connectivity index (χ1) is 10.8. The molecule has 0 aromatic heterocycles. The number of rotatable bonds is 6. The van der Waals surface area contributed by atoms with Crippen molar-refractivity contribution in [3.8, 4) is 5.75 Å². The van der Waals surface area contributed by atoms with Crippen molar-refractivity contribution in [2.75, 3.05) is 13.2 Å². The van der Waals surface area contributed by atoms with Gasteiger partial charge in [0.25, 0.3) is 0 Å². The quantitative estimate of drug-likeness (QED) is 0.826. The highest BCUT2D eigenvalue weighted by atomic mass is 32.2. The van der Waals surface area contributed by atoms with E-state index in [1.807, 2.05) is 26.8 Å². The minimum atomic E-state index is -3.49. The molecule has 2 aromatic rings. The third-order valence-electron chi connectivity index (χ3n) is 3.77. The number of hydrogen-bond acceptors (Lipinski definition) is 3. The summed E-state index contributed by atoms with van der Waals surface area (Å²) < 4.78 is 32.6. The van der Waals surface area contributed by atoms with E-state index >= 15 is 0 Å². The summed E-state index contributed by atoms with van der Waals surface area (Å²) in [5.74, 6) is 0.794. The second kappa shape index (κ2) is 7.15. The number of sulfonamides is 1. The van der Waals surface area contributed by atoms with Crippen LogP contribution >= 0.6 is 0 Å². The molecule has 0 radical (unpaired) electrons. The molecule has 0 atom stereocenters. The van der Waals surface area contributed by atoms with E-state index in [2.05, 4.69) is 17.7 Å². The van der Waals surface area contributed by atoms with Crippen LogP contribution in [0.2, 0.25) is 0 Å². The van der Waals surface area contributed by atoms with E-state index in [0.29, 0.717) is 0 Å². The Hall–Kier alpha value is -1.85. The average molecular weight is 333 g/mol. The SMILES string of the molecule is Cc1ccc(S(=O)(=O)NCCOc2cc(C)c(C)cc2C)cc1. The Kier molecular flexibility index (Phi) is 5.44. The summed E-state index contributed by atoms with van der Waals surface area (Å²) in [7, 11) is -3.49. The van der Waals surface area contributed by atoms with Crippen LogP contribution in [0.1, 0.15) is 22.3 Å². The van der Waals surface area contributed by atoms with Crippen LogP contribution in [-0.2, 0) is 10.0 Å². The summed E-state index contributed by atoms with van der Waals surface area (Å²) >= 11 is 0. The van der Waals surface area contributed by atoms with Gasteiger partial charge in [-0.1, -0.05) is 23.8 Å². The van der Waals surface area contributed by atoms with Gasteiger partial charge in [0.05, 0.1) is 4.90 Å². The van der Waals surface area contributed by atoms with Crippen LogP contribution in [-0.4, -0.2) is 21.6 Å². The van der Waals surface area contributed by atoms with E-state index < -0.39 is 10.0 Å². The smallest absolute Gasteiger partial charge is 0.240 e. The molecule has 4 nitrogen and oxygen atoms in total. The molecule has 0 aliphatic carbocycles. The topological polar surface area (TPSA) is 55.4 Å². The van der Waals surface area contributed by atoms with E-state index in [1.165, 1.54) is 5.56 Å². The minimum absolute atomic E-state index is 0.225. The molecule has 23 heavy (non-hydrogen) atoms. The van der Waals surface area contributed by atoms with Crippen LogP contribution in [0.4, 0.5) is 0 Å². The molecular formula is C18H23NO3S. The van der Waals surface area contributed by atoms with Crippen molar-refractivity contribution >= 4 is 10.0 Å². The lowest BCUT2D eigenvalue weighted by atomic mass is 10.1. The molecule has 5 heteroatoms. The fraction of sp³-hybridized carbons (Fsp3) is 0.333. The highest BCUT2D eigenvalue weighted by Gasteiger charge is 2.13. The maximum atomic E-state index is 12.2. The van der Waals surface area contributed by atoms with Crippen LogP contribution in [0.25, 0.3) is 0 Å². The first-order valence-electron chi connectivity index (χ1n) is 7.56. The zero-order chi connectivity index (χ0) is 17.0. The minimum Gasteiger partial charge on any atom is -0.492 e. The molecule has 1 N–H and O–H groups in total. The second-order valence-electron chi connectivity index (χ2n) is 5.76. The molecule has 124 valence electrons. The fourth-order valence-corrected chi connectivity index (χ4v) is 3.24. The van der Waals surface area contributed by atoms with Gasteiger partial charge in [-0.15, -0.1) is 0 Å². The normalized spacial score (nSPS) is 11.5. The standard InChI is InChI=1S/C18H23NO3S/c1-13-5-7-17(8-6-13)23(20,21)19-9-10-22-18-12-15(3)14(2)11-16(18)4/h5-8,11-12,19H,9-10H2,1-4H3. The van der Waals surface area contributed by atoms with Crippen LogP contribution in [0, 0.1) is 27.7 Å². The molecule has 0 bridgehead atoms. The molecule has 0 fully saturated rings. The molecule has 0 aliphatic heterocycles. The number of hydrogen-bond donors (Lipinski definition) is 1. The molecule has 0 heterocycles. The highest BCUT2D eigenvalue weighted by Crippen LogP contribution is 2.22. The van der Waals surface area contributed by atoms with E-state index in [0.717, 1.165) is 22.4 Å². The number of aryl methyl sites for hydroxylation is 4. The zero-order valence-electron chi connectivity index (χ0n) is 14.0. The maximum absolute atomic E-state index is 12.2. The summed E-state index contributed by atoms with van der Waals surface area (Å²) in [6.07, 6.45) is 0. The predicted molar refractivity (Wildman–Crippen MR) is 92.5 cm³/mol. The third-order valence-corrected chi connectivity index (χ3v) is 5.25. The molecule has 2 aromatic carbocycles. The van der Waals surface area contributed by atoms with Crippen molar-refractivity contribution < 1.29 is 13.2 Å². The first kappa shape index (κ1) is 17.5. The number of benzene rings is 2. The summed E-state index contributed by atoms with van der Waals surface area (Å²) in [6, 6.07) is 10.8. The van der Waals surface area contributed by atoms with E-state index in [9.17, 15) is 8.42 Å². The third kappa shape index (κ3) is 4.56. The van der Waals surface area contributed by atoms with Gasteiger partial charge in [0.1, 0.15) is 12.4 Å². The van der Waals surface area contributed by atoms with Crippen molar-refractivity contribution in [1.29, 1.82) is 0 Å². The van der Waals surface area contributed by atoms with E-state index in [-0.39, 0.29) is 18.0 Å². The highest BCUT2D eigenvalue weighted by molar-refractivity contribution is 7.89. The molecular weight excluding hydrogens is 310 g/mol. The summed E-state index contributed by atoms with van der Waals surface area (Å²) in [6.45, 7) is 8.50. The van der Waals surface area contributed by atoms with Gasteiger partial charge in [-0.3, -0.25) is 0 Å². The molecule has 0 saturated carbocycles. The molecule has 2 rings (SSSR count). The van der Waals surface area contributed by atoms with Gasteiger partial charge in [0.2, 0.25) is 10.0 Å². The van der Waals surface area contributed by atoms with Crippen LogP contribution in [0.3, 0.4) is 0 Å². The van der Waals surface area contributed by atoms with Gasteiger partial charge in [0.15, 0.2) is 0 Å². The van der Waals surface area contributed by atoms with Gasteiger partial charge in [-0.2, -0.15) is 0 Å². The summed E-state index contributed by atoms with van der Waals surface area (Å²) in [5, 5.41) is 0. The lowest BCUT2D eigenvalue weighted by molar-refractivity contribution is 0.320. The molecule has 0 saturated heterocycles. The van der Waals surface area contributed by atoms with Gasteiger partial charge < -0.3 is 4.74 Å². The lowest BCUT2D eigenvalue weighted by Gasteiger charge is -2.12. The van der Waals surface area contributed by atoms with Gasteiger partial charge >= 0.3 is 0 Å². The zero-order valence-corrected chi connectivity index (χ0v) is 14.8. The van der Waals surface area contributed by atoms with Gasteiger partial charge in [0, 0.05) is 6.54 Å². The molecule has 0 unspecified atom stereocenters. The van der Waals surface area contributed by atoms with Crippen LogP contribution in [0.15, 0.2) is 41.3 Å². The monoisotopic (exact) mass is 333 g/mol. The lowest BCUT2D eigenvalue weighted by Crippen LogP contribution is -2.28. The number of ether oxygens (including phenoxy) is 1. The fourth-order valence-electron chi connectivity index (χ4n) is 2.23. The van der Waals surface area contributed by atoms with Crippen LogP contribution < -0.4 is 9.46 Å². The molecule has 0 amide bonds. The van der Waals surface area contributed by atoms with E-state index in [1.54, 1.807) is 24.3 Å². The Labute approximate surface area is 138 Å². The van der Waals surface area contributed by atoms with Crippen molar-refractivity contribution in [3.05, 3.63) is 58.7 Å². The van der Waals surface area contributed by atoms with Crippen molar-refractivity contribution in [1.82, 2.24) is 4.72 Å². The van der Waals surface area contributed by atoms with Crippen molar-refractivity contribution in [2.24, 2.45) is 0 Å². The predicted octanol–water partition coefficient (Wildman–Crippen LogP) is 3.28. The number of nitrogens with one attached hydrogen (secondary N) is 1. The Balaban J connectivity index is 1.92. The van der Waals surface area contributed by atoms with E-state index in [4.69, 9.17) is 4.74 Å². The summed E-state index contributed by atoms with van der Waals surface area (Å²) in [5.41, 5.74) is 4.45. The van der Waals surface area contributed by atoms with Crippen molar-refractivity contribution in [3.63, 3.8) is 0 Å². The average Bonchev–Trinajstić information content (AvgIpc) is 2.49.